The second-order valence-electron chi connectivity index (χ2n) is 4.63. The molecule has 0 saturated carbocycles. The lowest BCUT2D eigenvalue weighted by molar-refractivity contribution is -0.384. The molecular weight excluding hydrogens is 272 g/mol. The van der Waals surface area contributed by atoms with E-state index in [1.807, 2.05) is 13.0 Å². The van der Waals surface area contributed by atoms with E-state index in [2.05, 4.69) is 5.32 Å². The molecule has 2 aromatic carbocycles. The summed E-state index contributed by atoms with van der Waals surface area (Å²) in [6.45, 7) is 2.13. The van der Waals surface area contributed by atoms with Gasteiger partial charge in [0, 0.05) is 24.4 Å². The van der Waals surface area contributed by atoms with Crippen LogP contribution in [0.1, 0.15) is 21.5 Å². The summed E-state index contributed by atoms with van der Waals surface area (Å²) in [6.07, 6.45) is 0. The van der Waals surface area contributed by atoms with Crippen molar-refractivity contribution in [2.45, 2.75) is 13.5 Å². The molecule has 0 aliphatic carbocycles. The molecule has 0 aliphatic rings. The number of nitrogens with one attached hydrogen (secondary N) is 1. The number of rotatable bonds is 5. The summed E-state index contributed by atoms with van der Waals surface area (Å²) in [5.41, 5.74) is 2.24. The van der Waals surface area contributed by atoms with Gasteiger partial charge in [0.2, 0.25) is 0 Å². The van der Waals surface area contributed by atoms with Crippen LogP contribution in [0.25, 0.3) is 0 Å². The number of aromatic carboxylic acids is 1. The third-order valence-electron chi connectivity index (χ3n) is 3.01. The standard InChI is InChI=1S/C15H14N2O4/c1-10-5-6-14(13(7-10)15(18)19)16-9-11-3-2-4-12(8-11)17(20)21/h2-8,16H,9H2,1H3,(H,18,19). The molecule has 0 heterocycles. The highest BCUT2D eigenvalue weighted by Gasteiger charge is 2.11. The van der Waals surface area contributed by atoms with Crippen molar-refractivity contribution in [2.24, 2.45) is 0 Å². The number of anilines is 1. The van der Waals surface area contributed by atoms with Crippen molar-refractivity contribution in [2.75, 3.05) is 5.32 Å². The van der Waals surface area contributed by atoms with Gasteiger partial charge in [0.1, 0.15) is 0 Å². The van der Waals surface area contributed by atoms with E-state index in [0.29, 0.717) is 17.8 Å². The van der Waals surface area contributed by atoms with Crippen molar-refractivity contribution in [1.29, 1.82) is 0 Å². The van der Waals surface area contributed by atoms with Crippen LogP contribution in [0.2, 0.25) is 0 Å². The lowest BCUT2D eigenvalue weighted by atomic mass is 10.1. The van der Waals surface area contributed by atoms with Gasteiger partial charge in [-0.15, -0.1) is 0 Å². The number of hydrogen-bond donors (Lipinski definition) is 2. The van der Waals surface area contributed by atoms with E-state index >= 15 is 0 Å². The average Bonchev–Trinajstić information content (AvgIpc) is 2.46. The lowest BCUT2D eigenvalue weighted by Crippen LogP contribution is -2.07. The number of aryl methyl sites for hydroxylation is 1. The Balaban J connectivity index is 2.18. The number of hydrogen-bond acceptors (Lipinski definition) is 4. The van der Waals surface area contributed by atoms with Crippen LogP contribution in [0.3, 0.4) is 0 Å². The van der Waals surface area contributed by atoms with Crippen molar-refractivity contribution in [3.63, 3.8) is 0 Å². The van der Waals surface area contributed by atoms with Gasteiger partial charge < -0.3 is 10.4 Å². The second kappa shape index (κ2) is 6.04. The minimum absolute atomic E-state index is 0.0108. The summed E-state index contributed by atoms with van der Waals surface area (Å²) in [5.74, 6) is -1.01. The molecule has 0 radical (unpaired) electrons. The molecule has 0 aliphatic heterocycles. The first kappa shape index (κ1) is 14.5. The van der Waals surface area contributed by atoms with E-state index in [4.69, 9.17) is 0 Å². The topological polar surface area (TPSA) is 92.5 Å². The van der Waals surface area contributed by atoms with Gasteiger partial charge in [0.25, 0.3) is 5.69 Å². The van der Waals surface area contributed by atoms with E-state index in [1.165, 1.54) is 12.1 Å². The molecule has 0 amide bonds. The summed E-state index contributed by atoms with van der Waals surface area (Å²) < 4.78 is 0. The number of benzene rings is 2. The van der Waals surface area contributed by atoms with Crippen LogP contribution in [-0.2, 0) is 6.54 Å². The van der Waals surface area contributed by atoms with Gasteiger partial charge in [0.05, 0.1) is 10.5 Å². The molecule has 108 valence electrons. The minimum atomic E-state index is -1.01. The summed E-state index contributed by atoms with van der Waals surface area (Å²) in [4.78, 5) is 21.5. The lowest BCUT2D eigenvalue weighted by Gasteiger charge is -2.10. The SMILES string of the molecule is Cc1ccc(NCc2cccc([N+](=O)[O-])c2)c(C(=O)O)c1. The van der Waals surface area contributed by atoms with Crippen molar-refractivity contribution >= 4 is 17.3 Å². The normalized spacial score (nSPS) is 10.1. The van der Waals surface area contributed by atoms with E-state index in [1.54, 1.807) is 24.3 Å². The molecule has 6 heteroatoms. The molecule has 0 bridgehead atoms. The highest BCUT2D eigenvalue weighted by atomic mass is 16.6. The van der Waals surface area contributed by atoms with Crippen LogP contribution >= 0.6 is 0 Å². The molecule has 2 rings (SSSR count). The average molecular weight is 286 g/mol. The molecule has 0 aromatic heterocycles. The van der Waals surface area contributed by atoms with Gasteiger partial charge in [-0.1, -0.05) is 23.8 Å². The van der Waals surface area contributed by atoms with Crippen LogP contribution in [0.15, 0.2) is 42.5 Å². The number of nitro benzene ring substituents is 1. The Kier molecular flexibility index (Phi) is 4.18. The molecule has 0 atom stereocenters. The van der Waals surface area contributed by atoms with Crippen LogP contribution in [0, 0.1) is 17.0 Å². The highest BCUT2D eigenvalue weighted by molar-refractivity contribution is 5.94. The molecule has 21 heavy (non-hydrogen) atoms. The maximum atomic E-state index is 11.2. The maximum absolute atomic E-state index is 11.2. The molecule has 0 spiro atoms. The van der Waals surface area contributed by atoms with E-state index in [-0.39, 0.29) is 11.3 Å². The van der Waals surface area contributed by atoms with Crippen molar-refractivity contribution in [1.82, 2.24) is 0 Å². The van der Waals surface area contributed by atoms with Crippen molar-refractivity contribution in [3.05, 3.63) is 69.3 Å². The highest BCUT2D eigenvalue weighted by Crippen LogP contribution is 2.19. The number of non-ortho nitro benzene ring substituents is 1. The predicted molar refractivity (Wildman–Crippen MR) is 78.6 cm³/mol. The quantitative estimate of drug-likeness (QED) is 0.650. The molecule has 0 unspecified atom stereocenters. The Morgan fingerprint density at radius 1 is 1.29 bits per heavy atom. The molecule has 6 nitrogen and oxygen atoms in total. The number of nitrogens with zero attached hydrogens (tertiary/aromatic N) is 1. The summed E-state index contributed by atoms with van der Waals surface area (Å²) in [7, 11) is 0. The zero-order valence-electron chi connectivity index (χ0n) is 11.4. The third kappa shape index (κ3) is 3.56. The fourth-order valence-electron chi connectivity index (χ4n) is 1.97. The Bertz CT molecular complexity index is 698. The van der Waals surface area contributed by atoms with Crippen LogP contribution in [-0.4, -0.2) is 16.0 Å². The zero-order valence-corrected chi connectivity index (χ0v) is 11.4. The number of nitro groups is 1. The maximum Gasteiger partial charge on any atom is 0.337 e. The van der Waals surface area contributed by atoms with Crippen LogP contribution in [0.5, 0.6) is 0 Å². The van der Waals surface area contributed by atoms with Crippen molar-refractivity contribution in [3.8, 4) is 0 Å². The molecule has 0 fully saturated rings. The molecule has 0 saturated heterocycles. The fourth-order valence-corrected chi connectivity index (χ4v) is 1.97. The molecular formula is C15H14N2O4. The van der Waals surface area contributed by atoms with Gasteiger partial charge in [-0.3, -0.25) is 10.1 Å². The van der Waals surface area contributed by atoms with E-state index in [0.717, 1.165) is 5.56 Å². The van der Waals surface area contributed by atoms with Crippen molar-refractivity contribution < 1.29 is 14.8 Å². The van der Waals surface area contributed by atoms with Gasteiger partial charge in [-0.05, 0) is 24.6 Å². The van der Waals surface area contributed by atoms with E-state index in [9.17, 15) is 20.0 Å². The van der Waals surface area contributed by atoms with Crippen LogP contribution < -0.4 is 5.32 Å². The Morgan fingerprint density at radius 2 is 2.05 bits per heavy atom. The number of carbonyl (C=O) groups is 1. The Hall–Kier alpha value is -2.89. The second-order valence-corrected chi connectivity index (χ2v) is 4.63. The summed E-state index contributed by atoms with van der Waals surface area (Å²) >= 11 is 0. The smallest absolute Gasteiger partial charge is 0.337 e. The van der Waals surface area contributed by atoms with Gasteiger partial charge >= 0.3 is 5.97 Å². The Morgan fingerprint density at radius 3 is 2.71 bits per heavy atom. The molecule has 2 N–H and O–H groups in total. The van der Waals surface area contributed by atoms with Gasteiger partial charge in [-0.25, -0.2) is 4.79 Å². The van der Waals surface area contributed by atoms with Crippen LogP contribution in [0.4, 0.5) is 11.4 Å². The summed E-state index contributed by atoms with van der Waals surface area (Å²) in [6, 6.07) is 11.3. The minimum Gasteiger partial charge on any atom is -0.478 e. The monoisotopic (exact) mass is 286 g/mol. The molecule has 2 aromatic rings. The summed E-state index contributed by atoms with van der Waals surface area (Å²) in [5, 5.41) is 22.9. The fraction of sp³-hybridized carbons (Fsp3) is 0.133. The zero-order chi connectivity index (χ0) is 15.4. The first-order valence-electron chi connectivity index (χ1n) is 6.28. The number of carboxylic acids is 1. The van der Waals surface area contributed by atoms with E-state index < -0.39 is 10.9 Å². The first-order chi connectivity index (χ1) is 9.97. The largest absolute Gasteiger partial charge is 0.478 e. The third-order valence-corrected chi connectivity index (χ3v) is 3.01. The first-order valence-corrected chi connectivity index (χ1v) is 6.28. The number of carboxylic acid groups (broad SMARTS) is 1. The van der Waals surface area contributed by atoms with Gasteiger partial charge in [0.15, 0.2) is 0 Å². The van der Waals surface area contributed by atoms with Gasteiger partial charge in [-0.2, -0.15) is 0 Å². The Labute approximate surface area is 121 Å². The predicted octanol–water partition coefficient (Wildman–Crippen LogP) is 3.21.